The molecule has 110 valence electrons. The third kappa shape index (κ3) is 3.69. The maximum atomic E-state index is 13.5. The van der Waals surface area contributed by atoms with Gasteiger partial charge in [-0.25, -0.2) is 12.8 Å². The topological polar surface area (TPSA) is 72.5 Å². The fraction of sp³-hybridized carbons (Fsp3) is 0.462. The minimum Gasteiger partial charge on any atom is -0.494 e. The summed E-state index contributed by atoms with van der Waals surface area (Å²) in [6.45, 7) is 0. The van der Waals surface area contributed by atoms with Crippen LogP contribution in [0.3, 0.4) is 0 Å². The normalized spacial score (nSPS) is 20.6. The summed E-state index contributed by atoms with van der Waals surface area (Å²) in [5.74, 6) is -0.626. The van der Waals surface area contributed by atoms with Crippen LogP contribution >= 0.6 is 0 Å². The molecule has 1 amide bonds. The molecule has 0 radical (unpaired) electrons. The highest BCUT2D eigenvalue weighted by Crippen LogP contribution is 2.18. The van der Waals surface area contributed by atoms with Gasteiger partial charge in [-0.15, -0.1) is 0 Å². The summed E-state index contributed by atoms with van der Waals surface area (Å²) >= 11 is 0. The monoisotopic (exact) mass is 301 g/mol. The molecular weight excluding hydrogens is 285 g/mol. The summed E-state index contributed by atoms with van der Waals surface area (Å²) in [6.07, 6.45) is 0.447. The molecule has 0 saturated carbocycles. The molecule has 0 unspecified atom stereocenters. The number of nitrogens with one attached hydrogen (secondary N) is 1. The Morgan fingerprint density at radius 1 is 1.50 bits per heavy atom. The van der Waals surface area contributed by atoms with Gasteiger partial charge in [0.05, 0.1) is 25.0 Å². The van der Waals surface area contributed by atoms with E-state index >= 15 is 0 Å². The zero-order valence-corrected chi connectivity index (χ0v) is 11.9. The molecule has 1 aromatic carbocycles. The van der Waals surface area contributed by atoms with Gasteiger partial charge in [-0.1, -0.05) is 6.07 Å². The van der Waals surface area contributed by atoms with E-state index < -0.39 is 15.7 Å². The van der Waals surface area contributed by atoms with Crippen molar-refractivity contribution in [3.05, 3.63) is 29.6 Å². The molecule has 2 rings (SSSR count). The van der Waals surface area contributed by atoms with Crippen LogP contribution in [0.4, 0.5) is 4.39 Å². The summed E-state index contributed by atoms with van der Waals surface area (Å²) in [5, 5.41) is 2.66. The van der Waals surface area contributed by atoms with Gasteiger partial charge >= 0.3 is 0 Å². The third-order valence-electron chi connectivity index (χ3n) is 3.18. The molecule has 1 fully saturated rings. The number of ether oxygens (including phenoxy) is 1. The van der Waals surface area contributed by atoms with Gasteiger partial charge in [-0.2, -0.15) is 0 Å². The Kier molecular flexibility index (Phi) is 4.27. The van der Waals surface area contributed by atoms with E-state index in [4.69, 9.17) is 4.74 Å². The van der Waals surface area contributed by atoms with Gasteiger partial charge in [0.2, 0.25) is 5.91 Å². The van der Waals surface area contributed by atoms with Gasteiger partial charge in [0, 0.05) is 6.04 Å². The summed E-state index contributed by atoms with van der Waals surface area (Å²) in [7, 11) is -1.65. The number of halogens is 1. The SMILES string of the molecule is COc1ccc(CC(=O)N[C@@H]2CCS(=O)(=O)C2)cc1F. The Morgan fingerprint density at radius 3 is 2.80 bits per heavy atom. The molecule has 5 nitrogen and oxygen atoms in total. The Hall–Kier alpha value is -1.63. The minimum absolute atomic E-state index is 0.0114. The number of sulfone groups is 1. The lowest BCUT2D eigenvalue weighted by atomic mass is 10.1. The van der Waals surface area contributed by atoms with E-state index in [1.54, 1.807) is 6.07 Å². The van der Waals surface area contributed by atoms with Crippen LogP contribution < -0.4 is 10.1 Å². The maximum Gasteiger partial charge on any atom is 0.224 e. The average molecular weight is 301 g/mol. The maximum absolute atomic E-state index is 13.5. The van der Waals surface area contributed by atoms with Crippen LogP contribution in [0.1, 0.15) is 12.0 Å². The minimum atomic E-state index is -3.02. The highest BCUT2D eigenvalue weighted by atomic mass is 32.2. The predicted molar refractivity (Wildman–Crippen MR) is 71.9 cm³/mol. The van der Waals surface area contributed by atoms with Crippen LogP contribution in [-0.4, -0.2) is 39.0 Å². The molecule has 0 aromatic heterocycles. The van der Waals surface area contributed by atoms with E-state index in [0.717, 1.165) is 0 Å². The molecular formula is C13H16FNO4S. The fourth-order valence-electron chi connectivity index (χ4n) is 2.19. The van der Waals surface area contributed by atoms with Crippen LogP contribution in [0.5, 0.6) is 5.75 Å². The Bertz CT molecular complexity index is 615. The quantitative estimate of drug-likeness (QED) is 0.887. The van der Waals surface area contributed by atoms with Crippen LogP contribution in [-0.2, 0) is 21.1 Å². The molecule has 0 spiro atoms. The molecule has 1 heterocycles. The van der Waals surface area contributed by atoms with Gasteiger partial charge < -0.3 is 10.1 Å². The lowest BCUT2D eigenvalue weighted by molar-refractivity contribution is -0.121. The first-order valence-corrected chi connectivity index (χ1v) is 8.04. The van der Waals surface area contributed by atoms with Crippen molar-refractivity contribution in [3.63, 3.8) is 0 Å². The number of hydrogen-bond donors (Lipinski definition) is 1. The van der Waals surface area contributed by atoms with Crippen LogP contribution in [0.2, 0.25) is 0 Å². The largest absolute Gasteiger partial charge is 0.494 e. The van der Waals surface area contributed by atoms with Gasteiger partial charge in [0.15, 0.2) is 21.4 Å². The molecule has 7 heteroatoms. The van der Waals surface area contributed by atoms with Crippen molar-refractivity contribution in [1.82, 2.24) is 5.32 Å². The standard InChI is InChI=1S/C13H16FNO4S/c1-19-12-3-2-9(6-11(12)14)7-13(16)15-10-4-5-20(17,18)8-10/h2-3,6,10H,4-5,7-8H2,1H3,(H,15,16)/t10-/m1/s1. The van der Waals surface area contributed by atoms with E-state index in [-0.39, 0.29) is 35.6 Å². The summed E-state index contributed by atoms with van der Waals surface area (Å²) in [5.41, 5.74) is 0.515. The number of hydrogen-bond acceptors (Lipinski definition) is 4. The molecule has 1 aliphatic rings. The van der Waals surface area contributed by atoms with Gasteiger partial charge in [-0.05, 0) is 24.1 Å². The second-order valence-corrected chi connectivity index (χ2v) is 7.04. The molecule has 20 heavy (non-hydrogen) atoms. The lowest BCUT2D eigenvalue weighted by Gasteiger charge is -2.11. The second-order valence-electron chi connectivity index (χ2n) is 4.81. The predicted octanol–water partition coefficient (Wildman–Crippen LogP) is 0.680. The zero-order chi connectivity index (χ0) is 14.8. The van der Waals surface area contributed by atoms with Crippen molar-refractivity contribution in [2.45, 2.75) is 18.9 Å². The van der Waals surface area contributed by atoms with Crippen molar-refractivity contribution < 1.29 is 22.3 Å². The fourth-order valence-corrected chi connectivity index (χ4v) is 3.87. The van der Waals surface area contributed by atoms with E-state index in [9.17, 15) is 17.6 Å². The summed E-state index contributed by atoms with van der Waals surface area (Å²) in [6, 6.07) is 3.96. The molecule has 1 N–H and O–H groups in total. The number of carbonyl (C=O) groups excluding carboxylic acids is 1. The van der Waals surface area contributed by atoms with Crippen molar-refractivity contribution in [2.24, 2.45) is 0 Å². The summed E-state index contributed by atoms with van der Waals surface area (Å²) in [4.78, 5) is 11.8. The molecule has 1 aromatic rings. The summed E-state index contributed by atoms with van der Waals surface area (Å²) < 4.78 is 40.8. The molecule has 1 aliphatic heterocycles. The number of methoxy groups -OCH3 is 1. The van der Waals surface area contributed by atoms with Crippen LogP contribution in [0.15, 0.2) is 18.2 Å². The van der Waals surface area contributed by atoms with Crippen molar-refractivity contribution in [2.75, 3.05) is 18.6 Å². The van der Waals surface area contributed by atoms with E-state index in [1.807, 2.05) is 0 Å². The Labute approximate surface area is 117 Å². The molecule has 0 bridgehead atoms. The lowest BCUT2D eigenvalue weighted by Crippen LogP contribution is -2.36. The number of amides is 1. The number of carbonyl (C=O) groups is 1. The highest BCUT2D eigenvalue weighted by molar-refractivity contribution is 7.91. The molecule has 1 saturated heterocycles. The van der Waals surface area contributed by atoms with E-state index in [2.05, 4.69) is 5.32 Å². The van der Waals surface area contributed by atoms with E-state index in [1.165, 1.54) is 19.2 Å². The third-order valence-corrected chi connectivity index (χ3v) is 4.95. The van der Waals surface area contributed by atoms with Gasteiger partial charge in [-0.3, -0.25) is 4.79 Å². The Morgan fingerprint density at radius 2 is 2.25 bits per heavy atom. The first-order valence-electron chi connectivity index (χ1n) is 6.22. The molecule has 0 aliphatic carbocycles. The molecule has 1 atom stereocenters. The van der Waals surface area contributed by atoms with Gasteiger partial charge in [0.1, 0.15) is 0 Å². The number of rotatable bonds is 4. The smallest absolute Gasteiger partial charge is 0.224 e. The van der Waals surface area contributed by atoms with Crippen molar-refractivity contribution in [1.29, 1.82) is 0 Å². The van der Waals surface area contributed by atoms with Crippen molar-refractivity contribution in [3.8, 4) is 5.75 Å². The second kappa shape index (κ2) is 5.78. The Balaban J connectivity index is 1.93. The first kappa shape index (κ1) is 14.8. The first-order chi connectivity index (χ1) is 9.39. The van der Waals surface area contributed by atoms with E-state index in [0.29, 0.717) is 12.0 Å². The average Bonchev–Trinajstić information content (AvgIpc) is 2.68. The highest BCUT2D eigenvalue weighted by Gasteiger charge is 2.28. The van der Waals surface area contributed by atoms with Crippen LogP contribution in [0, 0.1) is 5.82 Å². The van der Waals surface area contributed by atoms with Crippen molar-refractivity contribution >= 4 is 15.7 Å². The number of benzene rings is 1. The van der Waals surface area contributed by atoms with Gasteiger partial charge in [0.25, 0.3) is 0 Å². The van der Waals surface area contributed by atoms with Crippen LogP contribution in [0.25, 0.3) is 0 Å². The zero-order valence-electron chi connectivity index (χ0n) is 11.1.